The summed E-state index contributed by atoms with van der Waals surface area (Å²) < 4.78 is 0. The van der Waals surface area contributed by atoms with E-state index in [-0.39, 0.29) is 17.5 Å². The highest BCUT2D eigenvalue weighted by Crippen LogP contribution is 2.16. The van der Waals surface area contributed by atoms with Crippen molar-refractivity contribution >= 4 is 11.9 Å². The summed E-state index contributed by atoms with van der Waals surface area (Å²) in [6, 6.07) is 7.82. The SMILES string of the molecule is CC(C)c1ccc(C(=O)N2CCCN(C(=O)NC(C)(C)C)CC2)cc1. The van der Waals surface area contributed by atoms with Crippen LogP contribution in [0.15, 0.2) is 24.3 Å². The van der Waals surface area contributed by atoms with E-state index in [2.05, 4.69) is 19.2 Å². The number of rotatable bonds is 2. The Morgan fingerprint density at radius 1 is 0.960 bits per heavy atom. The molecule has 0 spiro atoms. The van der Waals surface area contributed by atoms with E-state index >= 15 is 0 Å². The zero-order valence-electron chi connectivity index (χ0n) is 16.1. The van der Waals surface area contributed by atoms with Gasteiger partial charge in [0.2, 0.25) is 0 Å². The molecule has 1 heterocycles. The van der Waals surface area contributed by atoms with Crippen LogP contribution in [0.25, 0.3) is 0 Å². The van der Waals surface area contributed by atoms with E-state index in [9.17, 15) is 9.59 Å². The maximum Gasteiger partial charge on any atom is 0.317 e. The molecule has 5 nitrogen and oxygen atoms in total. The first-order valence-corrected chi connectivity index (χ1v) is 9.14. The second kappa shape index (κ2) is 7.89. The molecule has 1 aromatic rings. The van der Waals surface area contributed by atoms with Crippen molar-refractivity contribution in [3.8, 4) is 0 Å². The Labute approximate surface area is 151 Å². The lowest BCUT2D eigenvalue weighted by Gasteiger charge is -2.27. The van der Waals surface area contributed by atoms with Crippen LogP contribution in [0.3, 0.4) is 0 Å². The van der Waals surface area contributed by atoms with Gasteiger partial charge < -0.3 is 15.1 Å². The van der Waals surface area contributed by atoms with Crippen molar-refractivity contribution in [1.29, 1.82) is 0 Å². The number of hydrogen-bond donors (Lipinski definition) is 1. The summed E-state index contributed by atoms with van der Waals surface area (Å²) in [5.74, 6) is 0.505. The summed E-state index contributed by atoms with van der Waals surface area (Å²) in [4.78, 5) is 28.7. The van der Waals surface area contributed by atoms with E-state index in [0.717, 1.165) is 12.0 Å². The Hall–Kier alpha value is -2.04. The van der Waals surface area contributed by atoms with Crippen molar-refractivity contribution in [3.63, 3.8) is 0 Å². The highest BCUT2D eigenvalue weighted by molar-refractivity contribution is 5.94. The van der Waals surface area contributed by atoms with Gasteiger partial charge in [-0.05, 0) is 50.8 Å². The van der Waals surface area contributed by atoms with Gasteiger partial charge in [-0.25, -0.2) is 4.79 Å². The average molecular weight is 345 g/mol. The lowest BCUT2D eigenvalue weighted by Crippen LogP contribution is -2.49. The third-order valence-electron chi connectivity index (χ3n) is 4.38. The van der Waals surface area contributed by atoms with Crippen LogP contribution in [0.5, 0.6) is 0 Å². The summed E-state index contributed by atoms with van der Waals surface area (Å²) in [7, 11) is 0. The molecule has 138 valence electrons. The molecule has 0 saturated carbocycles. The minimum atomic E-state index is -0.253. The molecule has 1 saturated heterocycles. The van der Waals surface area contributed by atoms with E-state index < -0.39 is 0 Å². The molecule has 0 aromatic heterocycles. The van der Waals surface area contributed by atoms with Gasteiger partial charge in [0, 0.05) is 37.3 Å². The van der Waals surface area contributed by atoms with Gasteiger partial charge in [0.15, 0.2) is 0 Å². The lowest BCUT2D eigenvalue weighted by atomic mass is 10.0. The zero-order valence-corrected chi connectivity index (χ0v) is 16.1. The van der Waals surface area contributed by atoms with Gasteiger partial charge in [0.1, 0.15) is 0 Å². The van der Waals surface area contributed by atoms with Gasteiger partial charge in [-0.3, -0.25) is 4.79 Å². The van der Waals surface area contributed by atoms with E-state index in [4.69, 9.17) is 0 Å². The molecule has 0 aliphatic carbocycles. The van der Waals surface area contributed by atoms with Crippen molar-refractivity contribution in [2.75, 3.05) is 26.2 Å². The molecule has 1 N–H and O–H groups in total. The number of benzene rings is 1. The number of carbonyl (C=O) groups excluding carboxylic acids is 2. The summed E-state index contributed by atoms with van der Waals surface area (Å²) in [5.41, 5.74) is 1.70. The first-order chi connectivity index (χ1) is 11.7. The van der Waals surface area contributed by atoms with Gasteiger partial charge in [0.25, 0.3) is 5.91 Å². The molecule has 1 aliphatic rings. The quantitative estimate of drug-likeness (QED) is 0.892. The fourth-order valence-electron chi connectivity index (χ4n) is 2.92. The molecule has 1 aromatic carbocycles. The Morgan fingerprint density at radius 3 is 2.08 bits per heavy atom. The molecule has 5 heteroatoms. The number of nitrogens with one attached hydrogen (secondary N) is 1. The number of amides is 3. The van der Waals surface area contributed by atoms with Crippen LogP contribution in [-0.2, 0) is 0 Å². The second-order valence-corrected chi connectivity index (χ2v) is 8.09. The number of carbonyl (C=O) groups is 2. The van der Waals surface area contributed by atoms with Crippen molar-refractivity contribution in [2.45, 2.75) is 52.5 Å². The van der Waals surface area contributed by atoms with Crippen LogP contribution in [0.2, 0.25) is 0 Å². The molecule has 0 bridgehead atoms. The summed E-state index contributed by atoms with van der Waals surface area (Å²) in [6.07, 6.45) is 0.799. The molecule has 3 amide bonds. The minimum Gasteiger partial charge on any atom is -0.337 e. The van der Waals surface area contributed by atoms with Gasteiger partial charge in [-0.1, -0.05) is 26.0 Å². The van der Waals surface area contributed by atoms with Gasteiger partial charge in [-0.15, -0.1) is 0 Å². The van der Waals surface area contributed by atoms with E-state index in [0.29, 0.717) is 32.1 Å². The standard InChI is InChI=1S/C20H31N3O2/c1-15(2)16-7-9-17(10-8-16)18(24)22-11-6-12-23(14-13-22)19(25)21-20(3,4)5/h7-10,15H,6,11-14H2,1-5H3,(H,21,25). The lowest BCUT2D eigenvalue weighted by molar-refractivity contribution is 0.0762. The van der Waals surface area contributed by atoms with E-state index in [1.807, 2.05) is 49.9 Å². The maximum atomic E-state index is 12.7. The Bertz CT molecular complexity index is 602. The van der Waals surface area contributed by atoms with Crippen LogP contribution in [0.4, 0.5) is 4.79 Å². The van der Waals surface area contributed by atoms with Gasteiger partial charge >= 0.3 is 6.03 Å². The summed E-state index contributed by atoms with van der Waals surface area (Å²) >= 11 is 0. The number of urea groups is 1. The monoisotopic (exact) mass is 345 g/mol. The first-order valence-electron chi connectivity index (χ1n) is 9.14. The molecular formula is C20H31N3O2. The van der Waals surface area contributed by atoms with Gasteiger partial charge in [0.05, 0.1) is 0 Å². The predicted molar refractivity (Wildman–Crippen MR) is 101 cm³/mol. The van der Waals surface area contributed by atoms with Crippen LogP contribution >= 0.6 is 0 Å². The fraction of sp³-hybridized carbons (Fsp3) is 0.600. The van der Waals surface area contributed by atoms with Crippen LogP contribution in [0.1, 0.15) is 62.9 Å². The largest absolute Gasteiger partial charge is 0.337 e. The summed E-state index contributed by atoms with van der Waals surface area (Å²) in [6.45, 7) is 12.7. The fourth-order valence-corrected chi connectivity index (χ4v) is 2.92. The van der Waals surface area contributed by atoms with Crippen molar-refractivity contribution in [1.82, 2.24) is 15.1 Å². The van der Waals surface area contributed by atoms with Crippen LogP contribution < -0.4 is 5.32 Å². The normalized spacial score (nSPS) is 15.9. The molecule has 25 heavy (non-hydrogen) atoms. The molecule has 0 unspecified atom stereocenters. The Balaban J connectivity index is 1.98. The molecule has 1 fully saturated rings. The van der Waals surface area contributed by atoms with E-state index in [1.54, 1.807) is 4.90 Å². The van der Waals surface area contributed by atoms with Crippen molar-refractivity contribution in [3.05, 3.63) is 35.4 Å². The highest BCUT2D eigenvalue weighted by atomic mass is 16.2. The number of nitrogens with zero attached hydrogens (tertiary/aromatic N) is 2. The zero-order chi connectivity index (χ0) is 18.6. The Morgan fingerprint density at radius 2 is 1.52 bits per heavy atom. The molecular weight excluding hydrogens is 314 g/mol. The van der Waals surface area contributed by atoms with Gasteiger partial charge in [-0.2, -0.15) is 0 Å². The first kappa shape index (κ1) is 19.3. The van der Waals surface area contributed by atoms with Crippen LogP contribution in [-0.4, -0.2) is 53.5 Å². The van der Waals surface area contributed by atoms with E-state index in [1.165, 1.54) is 5.56 Å². The van der Waals surface area contributed by atoms with Crippen molar-refractivity contribution < 1.29 is 9.59 Å². The Kier molecular flexibility index (Phi) is 6.09. The minimum absolute atomic E-state index is 0.0494. The molecule has 2 rings (SSSR count). The third kappa shape index (κ3) is 5.48. The predicted octanol–water partition coefficient (Wildman–Crippen LogP) is 3.47. The third-order valence-corrected chi connectivity index (χ3v) is 4.38. The average Bonchev–Trinajstić information content (AvgIpc) is 2.78. The van der Waals surface area contributed by atoms with Crippen LogP contribution in [0, 0.1) is 0 Å². The topological polar surface area (TPSA) is 52.7 Å². The molecule has 0 radical (unpaired) electrons. The second-order valence-electron chi connectivity index (χ2n) is 8.09. The number of hydrogen-bond acceptors (Lipinski definition) is 2. The maximum absolute atomic E-state index is 12.7. The molecule has 0 atom stereocenters. The molecule has 1 aliphatic heterocycles. The smallest absolute Gasteiger partial charge is 0.317 e. The summed E-state index contributed by atoms with van der Waals surface area (Å²) in [5, 5.41) is 2.99. The van der Waals surface area contributed by atoms with Crippen molar-refractivity contribution in [2.24, 2.45) is 0 Å². The highest BCUT2D eigenvalue weighted by Gasteiger charge is 2.24.